The third-order valence-corrected chi connectivity index (χ3v) is 3.74. The molecule has 8 heteroatoms. The maximum absolute atomic E-state index is 13.9. The van der Waals surface area contributed by atoms with Gasteiger partial charge in [0.15, 0.2) is 0 Å². The molecule has 1 unspecified atom stereocenters. The highest BCUT2D eigenvalue weighted by atomic mass is 19.1. The van der Waals surface area contributed by atoms with E-state index in [9.17, 15) is 29.2 Å². The second-order valence-corrected chi connectivity index (χ2v) is 5.06. The van der Waals surface area contributed by atoms with Gasteiger partial charge in [-0.25, -0.2) is 9.18 Å². The molecule has 112 valence electrons. The van der Waals surface area contributed by atoms with Gasteiger partial charge in [0.2, 0.25) is 0 Å². The predicted molar refractivity (Wildman–Crippen MR) is 69.4 cm³/mol. The fourth-order valence-corrected chi connectivity index (χ4v) is 2.45. The largest absolute Gasteiger partial charge is 0.480 e. The Hall–Kier alpha value is -2.51. The van der Waals surface area contributed by atoms with Gasteiger partial charge in [0.25, 0.3) is 11.6 Å². The van der Waals surface area contributed by atoms with Crippen molar-refractivity contribution >= 4 is 17.6 Å². The van der Waals surface area contributed by atoms with E-state index in [2.05, 4.69) is 0 Å². The normalized spacial score (nSPS) is 21.3. The van der Waals surface area contributed by atoms with Crippen LogP contribution in [0.5, 0.6) is 0 Å². The molecule has 1 heterocycles. The van der Waals surface area contributed by atoms with Crippen LogP contribution in [0.25, 0.3) is 0 Å². The smallest absolute Gasteiger partial charge is 0.329 e. The van der Waals surface area contributed by atoms with E-state index < -0.39 is 33.8 Å². The van der Waals surface area contributed by atoms with E-state index in [4.69, 9.17) is 0 Å². The lowest BCUT2D eigenvalue weighted by molar-refractivity contribution is -0.385. The SMILES string of the molecule is CC1(C(=O)O)CCCN1C(=O)c1ccc([N+](=O)[O-])cc1F. The number of likely N-dealkylation sites (tertiary alicyclic amines) is 1. The number of hydrogen-bond donors (Lipinski definition) is 1. The van der Waals surface area contributed by atoms with Crippen molar-refractivity contribution < 1.29 is 24.0 Å². The summed E-state index contributed by atoms with van der Waals surface area (Å²) in [5.74, 6) is -2.96. The van der Waals surface area contributed by atoms with Crippen molar-refractivity contribution in [3.63, 3.8) is 0 Å². The zero-order valence-corrected chi connectivity index (χ0v) is 11.2. The van der Waals surface area contributed by atoms with E-state index in [0.29, 0.717) is 12.5 Å². The third kappa shape index (κ3) is 2.44. The van der Waals surface area contributed by atoms with Crippen LogP contribution in [-0.4, -0.2) is 38.9 Å². The summed E-state index contributed by atoms with van der Waals surface area (Å²) < 4.78 is 13.9. The summed E-state index contributed by atoms with van der Waals surface area (Å²) >= 11 is 0. The molecule has 1 fully saturated rings. The number of halogens is 1. The van der Waals surface area contributed by atoms with Gasteiger partial charge in [0, 0.05) is 12.6 Å². The fourth-order valence-electron chi connectivity index (χ4n) is 2.45. The first-order valence-electron chi connectivity index (χ1n) is 6.26. The predicted octanol–water partition coefficient (Wildman–Crippen LogP) is 1.81. The minimum absolute atomic E-state index is 0.206. The highest BCUT2D eigenvalue weighted by Gasteiger charge is 2.46. The Bertz CT molecular complexity index is 633. The summed E-state index contributed by atoms with van der Waals surface area (Å²) in [5.41, 5.74) is -2.22. The number of hydrogen-bond acceptors (Lipinski definition) is 4. The van der Waals surface area contributed by atoms with Crippen molar-refractivity contribution in [1.29, 1.82) is 0 Å². The van der Waals surface area contributed by atoms with Crippen LogP contribution in [0.2, 0.25) is 0 Å². The zero-order valence-electron chi connectivity index (χ0n) is 11.2. The first-order valence-corrected chi connectivity index (χ1v) is 6.26. The molecular formula is C13H13FN2O5. The first kappa shape index (κ1) is 14.9. The number of aliphatic carboxylic acids is 1. The van der Waals surface area contributed by atoms with Gasteiger partial charge in [-0.1, -0.05) is 0 Å². The van der Waals surface area contributed by atoms with Gasteiger partial charge in [0.05, 0.1) is 16.6 Å². The van der Waals surface area contributed by atoms with E-state index in [1.165, 1.54) is 6.92 Å². The summed E-state index contributed by atoms with van der Waals surface area (Å²) in [6.45, 7) is 1.61. The van der Waals surface area contributed by atoms with Crippen LogP contribution in [-0.2, 0) is 4.79 Å². The molecule has 1 N–H and O–H groups in total. The molecule has 1 aliphatic heterocycles. The number of amides is 1. The Labute approximate surface area is 119 Å². The van der Waals surface area contributed by atoms with Crippen LogP contribution in [0.4, 0.5) is 10.1 Å². The number of carboxylic acids is 1. The van der Waals surface area contributed by atoms with Crippen molar-refractivity contribution in [3.8, 4) is 0 Å². The number of nitro groups is 1. The number of non-ortho nitro benzene ring substituents is 1. The molecule has 1 amide bonds. The van der Waals surface area contributed by atoms with Crippen LogP contribution in [0.15, 0.2) is 18.2 Å². The molecule has 0 bridgehead atoms. The molecule has 21 heavy (non-hydrogen) atoms. The number of rotatable bonds is 3. The average molecular weight is 296 g/mol. The molecule has 1 aromatic carbocycles. The van der Waals surface area contributed by atoms with Gasteiger partial charge in [-0.05, 0) is 25.8 Å². The molecule has 1 aliphatic rings. The number of nitro benzene ring substituents is 1. The van der Waals surface area contributed by atoms with Crippen molar-refractivity contribution in [2.24, 2.45) is 0 Å². The van der Waals surface area contributed by atoms with Crippen LogP contribution >= 0.6 is 0 Å². The molecule has 0 radical (unpaired) electrons. The minimum atomic E-state index is -1.38. The Kier molecular flexibility index (Phi) is 3.63. The number of carboxylic acid groups (broad SMARTS) is 1. The summed E-state index contributed by atoms with van der Waals surface area (Å²) in [6, 6.07) is 2.68. The van der Waals surface area contributed by atoms with E-state index in [-0.39, 0.29) is 18.5 Å². The molecular weight excluding hydrogens is 283 g/mol. The second-order valence-electron chi connectivity index (χ2n) is 5.06. The van der Waals surface area contributed by atoms with Crippen molar-refractivity contribution in [2.75, 3.05) is 6.54 Å². The monoisotopic (exact) mass is 296 g/mol. The van der Waals surface area contributed by atoms with Gasteiger partial charge in [-0.2, -0.15) is 0 Å². The lowest BCUT2D eigenvalue weighted by Gasteiger charge is -2.31. The standard InChI is InChI=1S/C13H13FN2O5/c1-13(12(18)19)5-2-6-15(13)11(17)9-4-3-8(16(20)21)7-10(9)14/h3-4,7H,2,5-6H2,1H3,(H,18,19). The van der Waals surface area contributed by atoms with Crippen LogP contribution in [0.1, 0.15) is 30.1 Å². The Balaban J connectivity index is 2.36. The summed E-state index contributed by atoms with van der Waals surface area (Å²) in [7, 11) is 0. The molecule has 0 aliphatic carbocycles. The van der Waals surface area contributed by atoms with Crippen molar-refractivity contribution in [2.45, 2.75) is 25.3 Å². The summed E-state index contributed by atoms with van der Waals surface area (Å²) in [6.07, 6.45) is 0.784. The van der Waals surface area contributed by atoms with Gasteiger partial charge in [0.1, 0.15) is 11.4 Å². The average Bonchev–Trinajstić information content (AvgIpc) is 2.81. The number of carbonyl (C=O) groups excluding carboxylic acids is 1. The second kappa shape index (κ2) is 5.12. The Morgan fingerprint density at radius 2 is 2.14 bits per heavy atom. The number of carbonyl (C=O) groups is 2. The number of benzene rings is 1. The maximum atomic E-state index is 13.9. The lowest BCUT2D eigenvalue weighted by Crippen LogP contribution is -2.50. The highest BCUT2D eigenvalue weighted by molar-refractivity contribution is 5.98. The molecule has 1 atom stereocenters. The maximum Gasteiger partial charge on any atom is 0.329 e. The number of nitrogens with zero attached hydrogens (tertiary/aromatic N) is 2. The van der Waals surface area contributed by atoms with Gasteiger partial charge < -0.3 is 10.0 Å². The Morgan fingerprint density at radius 1 is 1.48 bits per heavy atom. The topological polar surface area (TPSA) is 101 Å². The molecule has 0 saturated carbocycles. The zero-order chi connectivity index (χ0) is 15.8. The van der Waals surface area contributed by atoms with Crippen molar-refractivity contribution in [3.05, 3.63) is 39.7 Å². The van der Waals surface area contributed by atoms with Crippen LogP contribution in [0, 0.1) is 15.9 Å². The summed E-state index contributed by atoms with van der Waals surface area (Å²) in [4.78, 5) is 34.5. The molecule has 1 aromatic rings. The lowest BCUT2D eigenvalue weighted by atomic mass is 9.98. The summed E-state index contributed by atoms with van der Waals surface area (Å²) in [5, 5.41) is 19.8. The van der Waals surface area contributed by atoms with E-state index in [1.54, 1.807) is 0 Å². The molecule has 0 spiro atoms. The van der Waals surface area contributed by atoms with Gasteiger partial charge in [-0.3, -0.25) is 14.9 Å². The first-order chi connectivity index (χ1) is 9.77. The quantitative estimate of drug-likeness (QED) is 0.677. The molecule has 2 rings (SSSR count). The molecule has 1 saturated heterocycles. The molecule has 0 aromatic heterocycles. The van der Waals surface area contributed by atoms with Gasteiger partial charge >= 0.3 is 5.97 Å². The van der Waals surface area contributed by atoms with E-state index in [1.807, 2.05) is 0 Å². The molecule has 7 nitrogen and oxygen atoms in total. The van der Waals surface area contributed by atoms with Gasteiger partial charge in [-0.15, -0.1) is 0 Å². The van der Waals surface area contributed by atoms with Crippen LogP contribution in [0.3, 0.4) is 0 Å². The van der Waals surface area contributed by atoms with Crippen LogP contribution < -0.4 is 0 Å². The third-order valence-electron chi connectivity index (χ3n) is 3.74. The fraction of sp³-hybridized carbons (Fsp3) is 0.385. The highest BCUT2D eigenvalue weighted by Crippen LogP contribution is 2.31. The van der Waals surface area contributed by atoms with E-state index >= 15 is 0 Å². The van der Waals surface area contributed by atoms with Crippen molar-refractivity contribution in [1.82, 2.24) is 4.90 Å². The Morgan fingerprint density at radius 3 is 2.67 bits per heavy atom. The minimum Gasteiger partial charge on any atom is -0.480 e. The van der Waals surface area contributed by atoms with E-state index in [0.717, 1.165) is 17.0 Å².